The molecule has 1 amide bonds. The molecule has 1 aliphatic heterocycles. The standard InChI is InChI=1S/C20H27N3O3/c1-14-19(15(2)26-22-14)13-25-18-8-6-16(7-9-18)11-20(24)23-10-4-5-17(23)12-21-3/h6-9,17,21H,4-5,10-13H2,1-3H3. The van der Waals surface area contributed by atoms with Gasteiger partial charge in [-0.2, -0.15) is 0 Å². The van der Waals surface area contributed by atoms with E-state index in [0.29, 0.717) is 19.1 Å². The Labute approximate surface area is 154 Å². The van der Waals surface area contributed by atoms with E-state index in [1.165, 1.54) is 0 Å². The maximum Gasteiger partial charge on any atom is 0.227 e. The van der Waals surface area contributed by atoms with E-state index in [0.717, 1.165) is 54.3 Å². The van der Waals surface area contributed by atoms with Crippen LogP contribution in [-0.2, 0) is 17.8 Å². The zero-order valence-electron chi connectivity index (χ0n) is 15.7. The highest BCUT2D eigenvalue weighted by molar-refractivity contribution is 5.79. The molecule has 1 aromatic heterocycles. The fraction of sp³-hybridized carbons (Fsp3) is 0.500. The number of nitrogens with zero attached hydrogens (tertiary/aromatic N) is 2. The predicted molar refractivity (Wildman–Crippen MR) is 99.1 cm³/mol. The van der Waals surface area contributed by atoms with E-state index in [9.17, 15) is 4.79 Å². The van der Waals surface area contributed by atoms with E-state index in [4.69, 9.17) is 9.26 Å². The fourth-order valence-electron chi connectivity index (χ4n) is 3.46. The third-order valence-corrected chi connectivity index (χ3v) is 4.98. The number of hydrogen-bond donors (Lipinski definition) is 1. The second-order valence-corrected chi connectivity index (χ2v) is 6.85. The molecule has 0 bridgehead atoms. The number of carbonyl (C=O) groups excluding carboxylic acids is 1. The van der Waals surface area contributed by atoms with Crippen molar-refractivity contribution < 1.29 is 14.1 Å². The first kappa shape index (κ1) is 18.5. The van der Waals surface area contributed by atoms with Gasteiger partial charge in [-0.25, -0.2) is 0 Å². The summed E-state index contributed by atoms with van der Waals surface area (Å²) in [6, 6.07) is 8.07. The predicted octanol–water partition coefficient (Wildman–Crippen LogP) is 2.62. The van der Waals surface area contributed by atoms with Crippen LogP contribution in [0.15, 0.2) is 28.8 Å². The normalized spacial score (nSPS) is 16.9. The Kier molecular flexibility index (Phi) is 5.93. The molecule has 6 heteroatoms. The Morgan fingerprint density at radius 1 is 1.35 bits per heavy atom. The highest BCUT2D eigenvalue weighted by Gasteiger charge is 2.27. The van der Waals surface area contributed by atoms with Crippen LogP contribution in [0.1, 0.15) is 35.4 Å². The molecular weight excluding hydrogens is 330 g/mol. The van der Waals surface area contributed by atoms with Crippen LogP contribution in [0.2, 0.25) is 0 Å². The number of ether oxygens (including phenoxy) is 1. The van der Waals surface area contributed by atoms with E-state index >= 15 is 0 Å². The Hall–Kier alpha value is -2.34. The first-order chi connectivity index (χ1) is 12.6. The topological polar surface area (TPSA) is 67.6 Å². The lowest BCUT2D eigenvalue weighted by Gasteiger charge is -2.24. The third kappa shape index (κ3) is 4.25. The minimum atomic E-state index is 0.201. The van der Waals surface area contributed by atoms with Gasteiger partial charge in [0.2, 0.25) is 5.91 Å². The van der Waals surface area contributed by atoms with Crippen molar-refractivity contribution in [1.29, 1.82) is 0 Å². The molecule has 1 aliphatic rings. The molecule has 0 aliphatic carbocycles. The molecule has 1 N–H and O–H groups in total. The Morgan fingerprint density at radius 2 is 2.12 bits per heavy atom. The van der Waals surface area contributed by atoms with Gasteiger partial charge in [-0.15, -0.1) is 0 Å². The summed E-state index contributed by atoms with van der Waals surface area (Å²) in [7, 11) is 1.93. The second-order valence-electron chi connectivity index (χ2n) is 6.85. The number of rotatable bonds is 7. The zero-order valence-corrected chi connectivity index (χ0v) is 15.7. The van der Waals surface area contributed by atoms with Crippen molar-refractivity contribution >= 4 is 5.91 Å². The summed E-state index contributed by atoms with van der Waals surface area (Å²) in [5, 5.41) is 7.11. The maximum absolute atomic E-state index is 12.6. The number of benzene rings is 1. The third-order valence-electron chi connectivity index (χ3n) is 4.98. The number of nitrogens with one attached hydrogen (secondary N) is 1. The van der Waals surface area contributed by atoms with Gasteiger partial charge in [0.15, 0.2) is 0 Å². The van der Waals surface area contributed by atoms with Gasteiger partial charge in [-0.1, -0.05) is 17.3 Å². The molecule has 0 saturated carbocycles. The lowest BCUT2D eigenvalue weighted by atomic mass is 10.1. The molecule has 1 atom stereocenters. The number of carbonyl (C=O) groups is 1. The lowest BCUT2D eigenvalue weighted by molar-refractivity contribution is -0.131. The van der Waals surface area contributed by atoms with Crippen LogP contribution in [0.5, 0.6) is 5.75 Å². The van der Waals surface area contributed by atoms with Crippen LogP contribution in [-0.4, -0.2) is 42.1 Å². The summed E-state index contributed by atoms with van der Waals surface area (Å²) in [4.78, 5) is 14.6. The minimum absolute atomic E-state index is 0.201. The van der Waals surface area contributed by atoms with Crippen molar-refractivity contribution in [2.45, 2.75) is 45.8 Å². The van der Waals surface area contributed by atoms with Gasteiger partial charge in [-0.3, -0.25) is 4.79 Å². The van der Waals surface area contributed by atoms with Crippen LogP contribution in [0, 0.1) is 13.8 Å². The van der Waals surface area contributed by atoms with Crippen LogP contribution in [0.4, 0.5) is 0 Å². The molecule has 2 heterocycles. The smallest absolute Gasteiger partial charge is 0.227 e. The molecule has 6 nitrogen and oxygen atoms in total. The van der Waals surface area contributed by atoms with Gasteiger partial charge in [0, 0.05) is 19.1 Å². The minimum Gasteiger partial charge on any atom is -0.489 e. The maximum atomic E-state index is 12.6. The van der Waals surface area contributed by atoms with Crippen molar-refractivity contribution in [1.82, 2.24) is 15.4 Å². The Balaban J connectivity index is 1.55. The van der Waals surface area contributed by atoms with Gasteiger partial charge in [0.1, 0.15) is 18.1 Å². The van der Waals surface area contributed by atoms with Gasteiger partial charge < -0.3 is 19.5 Å². The van der Waals surface area contributed by atoms with E-state index in [2.05, 4.69) is 10.5 Å². The summed E-state index contributed by atoms with van der Waals surface area (Å²) < 4.78 is 11.0. The largest absolute Gasteiger partial charge is 0.489 e. The zero-order chi connectivity index (χ0) is 18.5. The van der Waals surface area contributed by atoms with Crippen molar-refractivity contribution in [2.75, 3.05) is 20.1 Å². The van der Waals surface area contributed by atoms with Crippen LogP contribution in [0.25, 0.3) is 0 Å². The average Bonchev–Trinajstić information content (AvgIpc) is 3.22. The summed E-state index contributed by atoms with van der Waals surface area (Å²) >= 11 is 0. The first-order valence-corrected chi connectivity index (χ1v) is 9.16. The van der Waals surface area contributed by atoms with Gasteiger partial charge >= 0.3 is 0 Å². The highest BCUT2D eigenvalue weighted by Crippen LogP contribution is 2.20. The van der Waals surface area contributed by atoms with Gasteiger partial charge in [0.25, 0.3) is 0 Å². The molecular formula is C20H27N3O3. The van der Waals surface area contributed by atoms with Crippen molar-refractivity contribution in [2.24, 2.45) is 0 Å². The number of hydrogen-bond acceptors (Lipinski definition) is 5. The monoisotopic (exact) mass is 357 g/mol. The molecule has 26 heavy (non-hydrogen) atoms. The number of aryl methyl sites for hydroxylation is 2. The molecule has 0 radical (unpaired) electrons. The summed E-state index contributed by atoms with van der Waals surface area (Å²) in [5.74, 6) is 1.76. The molecule has 2 aromatic rings. The molecule has 3 rings (SSSR count). The van der Waals surface area contributed by atoms with Crippen molar-refractivity contribution in [3.05, 3.63) is 46.8 Å². The summed E-state index contributed by atoms with van der Waals surface area (Å²) in [5.41, 5.74) is 2.84. The average molecular weight is 357 g/mol. The van der Waals surface area contributed by atoms with Crippen LogP contribution in [0.3, 0.4) is 0 Å². The van der Waals surface area contributed by atoms with Crippen LogP contribution < -0.4 is 10.1 Å². The van der Waals surface area contributed by atoms with Crippen molar-refractivity contribution in [3.8, 4) is 5.75 Å². The summed E-state index contributed by atoms with van der Waals surface area (Å²) in [6.45, 7) is 5.94. The van der Waals surface area contributed by atoms with E-state index in [-0.39, 0.29) is 5.91 Å². The van der Waals surface area contributed by atoms with Crippen LogP contribution >= 0.6 is 0 Å². The van der Waals surface area contributed by atoms with E-state index in [1.54, 1.807) is 0 Å². The van der Waals surface area contributed by atoms with Gasteiger partial charge in [0.05, 0.1) is 17.7 Å². The van der Waals surface area contributed by atoms with E-state index < -0.39 is 0 Å². The first-order valence-electron chi connectivity index (χ1n) is 9.16. The number of likely N-dealkylation sites (tertiary alicyclic amines) is 1. The molecule has 1 unspecified atom stereocenters. The quantitative estimate of drug-likeness (QED) is 0.825. The molecule has 0 spiro atoms. The highest BCUT2D eigenvalue weighted by atomic mass is 16.5. The molecule has 1 saturated heterocycles. The lowest BCUT2D eigenvalue weighted by Crippen LogP contribution is -2.41. The van der Waals surface area contributed by atoms with E-state index in [1.807, 2.05) is 50.1 Å². The SMILES string of the molecule is CNCC1CCCN1C(=O)Cc1ccc(OCc2c(C)noc2C)cc1. The Morgan fingerprint density at radius 3 is 2.77 bits per heavy atom. The fourth-order valence-corrected chi connectivity index (χ4v) is 3.46. The number of amides is 1. The number of likely N-dealkylation sites (N-methyl/N-ethyl adjacent to an activating group) is 1. The molecule has 1 aromatic carbocycles. The van der Waals surface area contributed by atoms with Crippen molar-refractivity contribution in [3.63, 3.8) is 0 Å². The van der Waals surface area contributed by atoms with Gasteiger partial charge in [-0.05, 0) is 51.4 Å². The second kappa shape index (κ2) is 8.36. The number of aromatic nitrogens is 1. The summed E-state index contributed by atoms with van der Waals surface area (Å²) in [6.07, 6.45) is 2.61. The Bertz CT molecular complexity index is 720. The molecule has 140 valence electrons. The molecule has 1 fully saturated rings.